The van der Waals surface area contributed by atoms with Gasteiger partial charge in [-0.3, -0.25) is 9.36 Å². The van der Waals surface area contributed by atoms with E-state index < -0.39 is 0 Å². The summed E-state index contributed by atoms with van der Waals surface area (Å²) < 4.78 is 2.13. The summed E-state index contributed by atoms with van der Waals surface area (Å²) in [6, 6.07) is 27.2. The van der Waals surface area contributed by atoms with Crippen LogP contribution in [0.2, 0.25) is 0 Å². The summed E-state index contributed by atoms with van der Waals surface area (Å²) in [6.45, 7) is 7.25. The molecule has 0 spiro atoms. The van der Waals surface area contributed by atoms with E-state index >= 15 is 0 Å². The van der Waals surface area contributed by atoms with Gasteiger partial charge in [-0.2, -0.15) is 0 Å². The Hall–Kier alpha value is -3.95. The van der Waals surface area contributed by atoms with E-state index in [0.29, 0.717) is 31.0 Å². The molecule has 1 amide bonds. The summed E-state index contributed by atoms with van der Waals surface area (Å²) in [4.78, 5) is 22.3. The van der Waals surface area contributed by atoms with Crippen molar-refractivity contribution in [2.24, 2.45) is 0 Å². The normalized spacial score (nSPS) is 13.5. The van der Waals surface area contributed by atoms with Crippen molar-refractivity contribution in [3.8, 4) is 5.69 Å². The maximum absolute atomic E-state index is 13.3. The highest BCUT2D eigenvalue weighted by molar-refractivity contribution is 7.98. The SMILES string of the molecule is Cc1ccc(-n2c(Cc3ccccc3)nnc2SCc2nc(C(=O)N3CCN(c4ccccc4C)CC3)cs2)cc1. The van der Waals surface area contributed by atoms with Crippen molar-refractivity contribution in [3.05, 3.63) is 117 Å². The molecule has 1 saturated heterocycles. The molecular weight excluding hydrogens is 549 g/mol. The van der Waals surface area contributed by atoms with E-state index in [-0.39, 0.29) is 5.91 Å². The Morgan fingerprint density at radius 1 is 0.878 bits per heavy atom. The number of carbonyl (C=O) groups excluding carboxylic acids is 1. The molecule has 3 heterocycles. The van der Waals surface area contributed by atoms with Crippen molar-refractivity contribution < 1.29 is 4.79 Å². The van der Waals surface area contributed by atoms with Gasteiger partial charge in [-0.05, 0) is 43.2 Å². The number of benzene rings is 3. The van der Waals surface area contributed by atoms with Crippen molar-refractivity contribution in [2.75, 3.05) is 31.1 Å². The largest absolute Gasteiger partial charge is 0.368 e. The van der Waals surface area contributed by atoms with Crippen LogP contribution < -0.4 is 4.90 Å². The van der Waals surface area contributed by atoms with Crippen molar-refractivity contribution in [2.45, 2.75) is 31.2 Å². The summed E-state index contributed by atoms with van der Waals surface area (Å²) in [7, 11) is 0. The monoisotopic (exact) mass is 580 g/mol. The van der Waals surface area contributed by atoms with Crippen LogP contribution >= 0.6 is 23.1 Å². The first-order valence-corrected chi connectivity index (χ1v) is 15.6. The molecule has 3 aromatic carbocycles. The summed E-state index contributed by atoms with van der Waals surface area (Å²) in [5.74, 6) is 1.52. The molecule has 0 unspecified atom stereocenters. The zero-order valence-electron chi connectivity index (χ0n) is 23.2. The third kappa shape index (κ3) is 6.21. The number of rotatable bonds is 8. The standard InChI is InChI=1S/C32H32N6OS2/c1-23-12-14-26(15-13-23)38-29(20-25-9-4-3-5-10-25)34-35-32(38)41-22-30-33-27(21-40-30)31(39)37-18-16-36(17-19-37)28-11-7-6-8-24(28)2/h3-15,21H,16-20,22H2,1-2H3. The number of carbonyl (C=O) groups is 1. The Morgan fingerprint density at radius 2 is 1.61 bits per heavy atom. The quantitative estimate of drug-likeness (QED) is 0.204. The molecule has 0 saturated carbocycles. The Balaban J connectivity index is 1.13. The molecule has 0 N–H and O–H groups in total. The molecule has 6 rings (SSSR count). The van der Waals surface area contributed by atoms with Gasteiger partial charge in [-0.15, -0.1) is 21.5 Å². The van der Waals surface area contributed by atoms with Crippen LogP contribution in [-0.2, 0) is 12.2 Å². The van der Waals surface area contributed by atoms with Gasteiger partial charge in [0.05, 0.1) is 5.75 Å². The minimum absolute atomic E-state index is 0.00917. The molecule has 1 fully saturated rings. The van der Waals surface area contributed by atoms with Crippen molar-refractivity contribution in [3.63, 3.8) is 0 Å². The Bertz CT molecular complexity index is 1620. The van der Waals surface area contributed by atoms with E-state index in [1.165, 1.54) is 33.7 Å². The molecule has 41 heavy (non-hydrogen) atoms. The van der Waals surface area contributed by atoms with Crippen LogP contribution in [0.25, 0.3) is 5.69 Å². The molecule has 208 valence electrons. The summed E-state index contributed by atoms with van der Waals surface area (Å²) >= 11 is 3.12. The number of amides is 1. The average molecular weight is 581 g/mol. The van der Waals surface area contributed by atoms with Gasteiger partial charge in [0.25, 0.3) is 5.91 Å². The van der Waals surface area contributed by atoms with Crippen molar-refractivity contribution >= 4 is 34.7 Å². The van der Waals surface area contributed by atoms with Crippen LogP contribution in [0.1, 0.15) is 38.0 Å². The molecule has 5 aromatic rings. The maximum atomic E-state index is 13.3. The van der Waals surface area contributed by atoms with Crippen LogP contribution in [-0.4, -0.2) is 56.7 Å². The number of aromatic nitrogens is 4. The zero-order valence-corrected chi connectivity index (χ0v) is 24.9. The third-order valence-corrected chi connectivity index (χ3v) is 9.29. The molecular formula is C32H32N6OS2. The fourth-order valence-electron chi connectivity index (χ4n) is 5.07. The lowest BCUT2D eigenvalue weighted by atomic mass is 10.1. The van der Waals surface area contributed by atoms with Crippen LogP contribution in [0.15, 0.2) is 89.4 Å². The van der Waals surface area contributed by atoms with E-state index in [0.717, 1.165) is 34.8 Å². The zero-order chi connectivity index (χ0) is 28.2. The molecule has 9 heteroatoms. The topological polar surface area (TPSA) is 67.2 Å². The molecule has 0 radical (unpaired) electrons. The van der Waals surface area contributed by atoms with Gasteiger partial charge in [0, 0.05) is 49.4 Å². The van der Waals surface area contributed by atoms with Gasteiger partial charge in [0.2, 0.25) is 0 Å². The summed E-state index contributed by atoms with van der Waals surface area (Å²) in [5, 5.41) is 12.7. The number of aryl methyl sites for hydroxylation is 2. The van der Waals surface area contributed by atoms with E-state index in [1.54, 1.807) is 11.8 Å². The van der Waals surface area contributed by atoms with Crippen molar-refractivity contribution in [1.29, 1.82) is 0 Å². The summed E-state index contributed by atoms with van der Waals surface area (Å²) in [6.07, 6.45) is 0.690. The number of thiazole rings is 1. The molecule has 2 aromatic heterocycles. The number of nitrogens with zero attached hydrogens (tertiary/aromatic N) is 6. The molecule has 0 atom stereocenters. The van der Waals surface area contributed by atoms with Crippen LogP contribution in [0.4, 0.5) is 5.69 Å². The smallest absolute Gasteiger partial charge is 0.273 e. The van der Waals surface area contributed by atoms with E-state index in [4.69, 9.17) is 4.98 Å². The summed E-state index contributed by atoms with van der Waals surface area (Å²) in [5.41, 5.74) is 6.47. The van der Waals surface area contributed by atoms with Crippen molar-refractivity contribution in [1.82, 2.24) is 24.6 Å². The van der Waals surface area contributed by atoms with E-state index in [1.807, 2.05) is 28.5 Å². The Labute approximate surface area is 248 Å². The first-order chi connectivity index (χ1) is 20.0. The molecule has 1 aliphatic rings. The number of piperazine rings is 1. The van der Waals surface area contributed by atoms with E-state index in [9.17, 15) is 4.79 Å². The van der Waals surface area contributed by atoms with Gasteiger partial charge >= 0.3 is 0 Å². The van der Waals surface area contributed by atoms with Crippen LogP contribution in [0, 0.1) is 13.8 Å². The lowest BCUT2D eigenvalue weighted by Crippen LogP contribution is -2.49. The van der Waals surface area contributed by atoms with Crippen LogP contribution in [0.3, 0.4) is 0 Å². The second-order valence-corrected chi connectivity index (χ2v) is 12.1. The molecule has 7 nitrogen and oxygen atoms in total. The number of hydrogen-bond acceptors (Lipinski definition) is 7. The predicted octanol–water partition coefficient (Wildman–Crippen LogP) is 6.19. The van der Waals surface area contributed by atoms with Gasteiger partial charge in [0.1, 0.15) is 16.5 Å². The highest BCUT2D eigenvalue weighted by Crippen LogP contribution is 2.28. The lowest BCUT2D eigenvalue weighted by Gasteiger charge is -2.36. The maximum Gasteiger partial charge on any atom is 0.273 e. The number of thioether (sulfide) groups is 1. The van der Waals surface area contributed by atoms with Gasteiger partial charge in [0.15, 0.2) is 5.16 Å². The minimum atomic E-state index is 0.00917. The highest BCUT2D eigenvalue weighted by atomic mass is 32.2. The molecule has 0 aliphatic carbocycles. The van der Waals surface area contributed by atoms with Gasteiger partial charge in [-0.1, -0.05) is 78.0 Å². The van der Waals surface area contributed by atoms with E-state index in [2.05, 4.69) is 94.2 Å². The first kappa shape index (κ1) is 27.2. The number of hydrogen-bond donors (Lipinski definition) is 0. The average Bonchev–Trinajstić information content (AvgIpc) is 3.64. The fraction of sp³-hybridized carbons (Fsp3) is 0.250. The molecule has 1 aliphatic heterocycles. The van der Waals surface area contributed by atoms with Gasteiger partial charge in [-0.25, -0.2) is 4.98 Å². The Kier molecular flexibility index (Phi) is 8.16. The number of para-hydroxylation sites is 1. The van der Waals surface area contributed by atoms with Gasteiger partial charge < -0.3 is 9.80 Å². The highest BCUT2D eigenvalue weighted by Gasteiger charge is 2.25. The first-order valence-electron chi connectivity index (χ1n) is 13.8. The molecule has 0 bridgehead atoms. The number of anilines is 1. The predicted molar refractivity (Wildman–Crippen MR) is 166 cm³/mol. The second-order valence-electron chi connectivity index (χ2n) is 10.2. The minimum Gasteiger partial charge on any atom is -0.368 e. The second kappa shape index (κ2) is 12.3. The lowest BCUT2D eigenvalue weighted by molar-refractivity contribution is 0.0741. The Morgan fingerprint density at radius 3 is 2.37 bits per heavy atom. The third-order valence-electron chi connectivity index (χ3n) is 7.32. The van der Waals surface area contributed by atoms with Crippen LogP contribution in [0.5, 0.6) is 0 Å². The fourth-order valence-corrected chi connectivity index (χ4v) is 6.83.